The molecule has 1 fully saturated rings. The van der Waals surface area contributed by atoms with Gasteiger partial charge in [-0.05, 0) is 31.6 Å². The average Bonchev–Trinajstić information content (AvgIpc) is 2.73. The summed E-state index contributed by atoms with van der Waals surface area (Å²) in [7, 11) is 0. The first-order valence-corrected chi connectivity index (χ1v) is 8.05. The van der Waals surface area contributed by atoms with Gasteiger partial charge in [0.25, 0.3) is 0 Å². The summed E-state index contributed by atoms with van der Waals surface area (Å²) in [5, 5.41) is 21.1. The van der Waals surface area contributed by atoms with Gasteiger partial charge >= 0.3 is 5.97 Å². The highest BCUT2D eigenvalue weighted by molar-refractivity contribution is 5.87. The second-order valence-corrected chi connectivity index (χ2v) is 6.71. The molecular weight excluding hydrogens is 308 g/mol. The minimum Gasteiger partial charge on any atom is -0.498 e. The van der Waals surface area contributed by atoms with E-state index in [4.69, 9.17) is 9.47 Å². The van der Waals surface area contributed by atoms with E-state index in [-0.39, 0.29) is 12.5 Å². The lowest BCUT2D eigenvalue weighted by Crippen LogP contribution is -2.53. The minimum absolute atomic E-state index is 0.150. The molecule has 2 aliphatic rings. The zero-order chi connectivity index (χ0) is 17.4. The fraction of sp³-hybridized carbons (Fsp3) is 0.421. The molecule has 0 aromatic heterocycles. The number of fused-ring (bicyclic) bond motifs is 1. The van der Waals surface area contributed by atoms with Crippen molar-refractivity contribution in [1.82, 2.24) is 0 Å². The van der Waals surface area contributed by atoms with Crippen molar-refractivity contribution in [3.8, 4) is 0 Å². The van der Waals surface area contributed by atoms with E-state index in [0.717, 1.165) is 5.56 Å². The van der Waals surface area contributed by atoms with Crippen LogP contribution < -0.4 is 0 Å². The quantitative estimate of drug-likeness (QED) is 0.655. The fourth-order valence-electron chi connectivity index (χ4n) is 3.91. The molecule has 5 atom stereocenters. The Morgan fingerprint density at radius 2 is 2.08 bits per heavy atom. The Bertz CT molecular complexity index is 668. The van der Waals surface area contributed by atoms with Crippen LogP contribution in [-0.4, -0.2) is 39.6 Å². The van der Waals surface area contributed by atoms with E-state index in [1.807, 2.05) is 30.3 Å². The second kappa shape index (κ2) is 6.07. The highest BCUT2D eigenvalue weighted by atomic mass is 16.6. The van der Waals surface area contributed by atoms with E-state index in [9.17, 15) is 15.0 Å². The van der Waals surface area contributed by atoms with Crippen LogP contribution in [0, 0.1) is 5.92 Å². The molecule has 5 nitrogen and oxygen atoms in total. The molecular formula is C19H22O5. The van der Waals surface area contributed by atoms with Gasteiger partial charge in [0, 0.05) is 12.5 Å². The first-order chi connectivity index (χ1) is 11.3. The number of benzene rings is 1. The SMILES string of the molecule is C[C@@H]1OC=C[C@@]2(O)[C@H](O)C[C@](C)(OC(=O)/C=C/c3ccccc3)[C@@H]12. The van der Waals surface area contributed by atoms with Crippen molar-refractivity contribution in [3.63, 3.8) is 0 Å². The van der Waals surface area contributed by atoms with Crippen LogP contribution in [0.4, 0.5) is 0 Å². The molecule has 2 N–H and O–H groups in total. The molecule has 1 aromatic rings. The lowest BCUT2D eigenvalue weighted by molar-refractivity contribution is -0.169. The third-order valence-corrected chi connectivity index (χ3v) is 4.93. The third kappa shape index (κ3) is 2.85. The van der Waals surface area contributed by atoms with E-state index in [1.54, 1.807) is 19.9 Å². The minimum atomic E-state index is -1.45. The smallest absolute Gasteiger partial charge is 0.331 e. The van der Waals surface area contributed by atoms with E-state index < -0.39 is 29.2 Å². The molecule has 0 saturated heterocycles. The number of esters is 1. The van der Waals surface area contributed by atoms with Gasteiger partial charge in [-0.25, -0.2) is 4.79 Å². The molecule has 128 valence electrons. The lowest BCUT2D eigenvalue weighted by Gasteiger charge is -2.41. The number of hydrogen-bond acceptors (Lipinski definition) is 5. The Hall–Kier alpha value is -2.11. The largest absolute Gasteiger partial charge is 0.498 e. The van der Waals surface area contributed by atoms with Gasteiger partial charge in [-0.1, -0.05) is 30.3 Å². The molecule has 5 heteroatoms. The highest BCUT2D eigenvalue weighted by Gasteiger charge is 2.64. The summed E-state index contributed by atoms with van der Waals surface area (Å²) in [4.78, 5) is 12.2. The van der Waals surface area contributed by atoms with Gasteiger partial charge in [0.2, 0.25) is 0 Å². The predicted octanol–water partition coefficient (Wildman–Crippen LogP) is 2.05. The van der Waals surface area contributed by atoms with E-state index >= 15 is 0 Å². The summed E-state index contributed by atoms with van der Waals surface area (Å²) in [6.07, 6.45) is 4.62. The zero-order valence-electron chi connectivity index (χ0n) is 13.8. The van der Waals surface area contributed by atoms with Crippen molar-refractivity contribution >= 4 is 12.0 Å². The second-order valence-electron chi connectivity index (χ2n) is 6.71. The summed E-state index contributed by atoms with van der Waals surface area (Å²) in [6, 6.07) is 9.42. The molecule has 0 bridgehead atoms. The molecule has 1 aliphatic heterocycles. The third-order valence-electron chi connectivity index (χ3n) is 4.93. The molecule has 0 spiro atoms. The van der Waals surface area contributed by atoms with Crippen molar-refractivity contribution in [2.45, 2.75) is 43.7 Å². The number of aliphatic hydroxyl groups excluding tert-OH is 1. The molecule has 0 amide bonds. The molecule has 24 heavy (non-hydrogen) atoms. The Balaban J connectivity index is 1.77. The fourth-order valence-corrected chi connectivity index (χ4v) is 3.91. The van der Waals surface area contributed by atoms with Crippen molar-refractivity contribution in [2.24, 2.45) is 5.92 Å². The Morgan fingerprint density at radius 3 is 2.79 bits per heavy atom. The van der Waals surface area contributed by atoms with Crippen LogP contribution >= 0.6 is 0 Å². The van der Waals surface area contributed by atoms with Crippen LogP contribution in [0.1, 0.15) is 25.8 Å². The average molecular weight is 330 g/mol. The van der Waals surface area contributed by atoms with E-state index in [2.05, 4.69) is 0 Å². The summed E-state index contributed by atoms with van der Waals surface area (Å²) in [5.74, 6) is -1.06. The maximum absolute atomic E-state index is 12.2. The summed E-state index contributed by atoms with van der Waals surface area (Å²) >= 11 is 0. The molecule has 1 aromatic carbocycles. The number of ether oxygens (including phenoxy) is 2. The Morgan fingerprint density at radius 1 is 1.38 bits per heavy atom. The van der Waals surface area contributed by atoms with Crippen molar-refractivity contribution in [1.29, 1.82) is 0 Å². The van der Waals surface area contributed by atoms with Crippen LogP contribution in [0.3, 0.4) is 0 Å². The summed E-state index contributed by atoms with van der Waals surface area (Å²) < 4.78 is 11.1. The normalized spacial score (nSPS) is 37.9. The van der Waals surface area contributed by atoms with Crippen LogP contribution in [0.2, 0.25) is 0 Å². The van der Waals surface area contributed by atoms with Crippen molar-refractivity contribution in [2.75, 3.05) is 0 Å². The maximum atomic E-state index is 12.2. The molecule has 1 heterocycles. The maximum Gasteiger partial charge on any atom is 0.331 e. The first-order valence-electron chi connectivity index (χ1n) is 8.05. The summed E-state index contributed by atoms with van der Waals surface area (Å²) in [5.41, 5.74) is -1.58. The van der Waals surface area contributed by atoms with Crippen LogP contribution in [0.25, 0.3) is 6.08 Å². The van der Waals surface area contributed by atoms with Crippen LogP contribution in [-0.2, 0) is 14.3 Å². The van der Waals surface area contributed by atoms with Crippen LogP contribution in [0.15, 0.2) is 48.7 Å². The predicted molar refractivity (Wildman–Crippen MR) is 88.7 cm³/mol. The van der Waals surface area contributed by atoms with E-state index in [0.29, 0.717) is 0 Å². The summed E-state index contributed by atoms with van der Waals surface area (Å²) in [6.45, 7) is 3.52. The van der Waals surface area contributed by atoms with E-state index in [1.165, 1.54) is 18.4 Å². The van der Waals surface area contributed by atoms with Crippen molar-refractivity contribution < 1.29 is 24.5 Å². The van der Waals surface area contributed by atoms with Crippen molar-refractivity contribution in [3.05, 3.63) is 54.3 Å². The Labute approximate surface area is 141 Å². The van der Waals surface area contributed by atoms with Gasteiger partial charge in [-0.3, -0.25) is 0 Å². The molecule has 1 aliphatic carbocycles. The standard InChI is InChI=1S/C19H22O5/c1-13-17-18(2,12-15(20)19(17,22)10-11-23-13)24-16(21)9-8-14-6-4-3-5-7-14/h3-11,13,15,17,20,22H,12H2,1-2H3/b9-8+/t13-,15+,17+,18-,19+/m0/s1. The van der Waals surface area contributed by atoms with Gasteiger partial charge in [0.15, 0.2) is 0 Å². The van der Waals surface area contributed by atoms with Gasteiger partial charge in [0.1, 0.15) is 17.3 Å². The topological polar surface area (TPSA) is 76.0 Å². The highest BCUT2D eigenvalue weighted by Crippen LogP contribution is 2.50. The van der Waals surface area contributed by atoms with Gasteiger partial charge in [0.05, 0.1) is 18.3 Å². The molecule has 1 saturated carbocycles. The number of carbonyl (C=O) groups is 1. The number of rotatable bonds is 3. The zero-order valence-corrected chi connectivity index (χ0v) is 13.8. The first kappa shape index (κ1) is 16.7. The van der Waals surface area contributed by atoms with Gasteiger partial charge in [-0.15, -0.1) is 0 Å². The van der Waals surface area contributed by atoms with Gasteiger partial charge < -0.3 is 19.7 Å². The van der Waals surface area contributed by atoms with Crippen LogP contribution in [0.5, 0.6) is 0 Å². The number of hydrogen-bond donors (Lipinski definition) is 2. The molecule has 3 rings (SSSR count). The molecule has 0 unspecified atom stereocenters. The molecule has 0 radical (unpaired) electrons. The Kier molecular flexibility index (Phi) is 4.24. The number of aliphatic hydroxyl groups is 2. The number of carbonyl (C=O) groups excluding carboxylic acids is 1. The monoisotopic (exact) mass is 330 g/mol. The van der Waals surface area contributed by atoms with Gasteiger partial charge in [-0.2, -0.15) is 0 Å². The lowest BCUT2D eigenvalue weighted by atomic mass is 9.78.